The highest BCUT2D eigenvalue weighted by molar-refractivity contribution is 5.79. The highest BCUT2D eigenvalue weighted by atomic mass is 19.1. The van der Waals surface area contributed by atoms with Gasteiger partial charge in [-0.1, -0.05) is 0 Å². The lowest BCUT2D eigenvalue weighted by atomic mass is 10.1. The molecule has 7 nitrogen and oxygen atoms in total. The summed E-state index contributed by atoms with van der Waals surface area (Å²) in [6.45, 7) is 7.40. The molecule has 1 aliphatic rings. The first kappa shape index (κ1) is 17.6. The zero-order valence-corrected chi connectivity index (χ0v) is 15.9. The van der Waals surface area contributed by atoms with Crippen molar-refractivity contribution in [3.8, 4) is 0 Å². The van der Waals surface area contributed by atoms with Crippen LogP contribution >= 0.6 is 0 Å². The van der Waals surface area contributed by atoms with Gasteiger partial charge in [-0.3, -0.25) is 0 Å². The summed E-state index contributed by atoms with van der Waals surface area (Å²) in [5, 5.41) is 3.24. The van der Waals surface area contributed by atoms with E-state index in [0.717, 1.165) is 29.8 Å². The zero-order chi connectivity index (χ0) is 19.0. The van der Waals surface area contributed by atoms with Crippen LogP contribution < -0.4 is 10.2 Å². The van der Waals surface area contributed by atoms with Crippen molar-refractivity contribution in [1.82, 2.24) is 24.5 Å². The van der Waals surface area contributed by atoms with Gasteiger partial charge in [-0.05, 0) is 39.7 Å². The first-order valence-electron chi connectivity index (χ1n) is 9.35. The normalized spacial score (nSPS) is 17.7. The molecule has 1 unspecified atom stereocenters. The minimum Gasteiger partial charge on any atom is -0.338 e. The third kappa shape index (κ3) is 3.56. The van der Waals surface area contributed by atoms with Crippen LogP contribution in [0.5, 0.6) is 0 Å². The van der Waals surface area contributed by atoms with E-state index in [1.807, 2.05) is 17.9 Å². The number of pyridine rings is 1. The number of aryl methyl sites for hydroxylation is 1. The highest BCUT2D eigenvalue weighted by Crippen LogP contribution is 2.24. The molecule has 1 saturated heterocycles. The second-order valence-corrected chi connectivity index (χ2v) is 7.23. The number of hydrogen-bond donors (Lipinski definition) is 1. The van der Waals surface area contributed by atoms with Gasteiger partial charge in [-0.25, -0.2) is 19.3 Å². The third-order valence-electron chi connectivity index (χ3n) is 4.81. The molecule has 0 amide bonds. The topological polar surface area (TPSA) is 71.8 Å². The molecule has 27 heavy (non-hydrogen) atoms. The number of aromatic nitrogens is 5. The lowest BCUT2D eigenvalue weighted by Gasteiger charge is -2.29. The minimum absolute atomic E-state index is 0.309. The van der Waals surface area contributed by atoms with Crippen LogP contribution in [0.15, 0.2) is 24.5 Å². The number of imidazole rings is 1. The van der Waals surface area contributed by atoms with Crippen molar-refractivity contribution in [1.29, 1.82) is 0 Å². The second-order valence-electron chi connectivity index (χ2n) is 7.23. The van der Waals surface area contributed by atoms with Gasteiger partial charge in [0.25, 0.3) is 0 Å². The zero-order valence-electron chi connectivity index (χ0n) is 15.9. The molecule has 1 aliphatic heterocycles. The van der Waals surface area contributed by atoms with Crippen molar-refractivity contribution in [2.75, 3.05) is 23.3 Å². The van der Waals surface area contributed by atoms with E-state index in [9.17, 15) is 4.39 Å². The fourth-order valence-electron chi connectivity index (χ4n) is 3.65. The molecule has 1 fully saturated rings. The number of nitrogens with one attached hydrogen (secondary N) is 1. The molecule has 4 heterocycles. The number of halogens is 1. The molecule has 3 aromatic heterocycles. The second kappa shape index (κ2) is 7.09. The van der Waals surface area contributed by atoms with Crippen LogP contribution in [0, 0.1) is 6.92 Å². The molecule has 0 aromatic carbocycles. The smallest absolute Gasteiger partial charge is 0.227 e. The van der Waals surface area contributed by atoms with Crippen LogP contribution in [0.25, 0.3) is 11.0 Å². The lowest BCUT2D eigenvalue weighted by molar-refractivity contribution is 0.285. The van der Waals surface area contributed by atoms with E-state index in [2.05, 4.69) is 43.7 Å². The number of piperidine rings is 1. The Balaban J connectivity index is 1.60. The average molecular weight is 369 g/mol. The van der Waals surface area contributed by atoms with E-state index in [-0.39, 0.29) is 0 Å². The fourth-order valence-corrected chi connectivity index (χ4v) is 3.65. The summed E-state index contributed by atoms with van der Waals surface area (Å²) in [6.07, 6.45) is 4.07. The van der Waals surface area contributed by atoms with E-state index in [1.54, 1.807) is 18.5 Å². The molecular formula is C19H24FN7. The maximum Gasteiger partial charge on any atom is 0.227 e. The van der Waals surface area contributed by atoms with Crippen molar-refractivity contribution in [3.05, 3.63) is 30.4 Å². The van der Waals surface area contributed by atoms with Gasteiger partial charge in [-0.15, -0.1) is 0 Å². The Labute approximate surface area is 157 Å². The van der Waals surface area contributed by atoms with Crippen LogP contribution in [-0.2, 0) is 0 Å². The predicted molar refractivity (Wildman–Crippen MR) is 104 cm³/mol. The van der Waals surface area contributed by atoms with E-state index in [4.69, 9.17) is 0 Å². The molecule has 1 atom stereocenters. The number of nitrogens with zero attached hydrogens (tertiary/aromatic N) is 6. The van der Waals surface area contributed by atoms with Crippen molar-refractivity contribution < 1.29 is 4.39 Å². The maximum absolute atomic E-state index is 13.7. The minimum atomic E-state index is -0.817. The van der Waals surface area contributed by atoms with Crippen molar-refractivity contribution in [2.45, 2.75) is 45.8 Å². The van der Waals surface area contributed by atoms with Gasteiger partial charge < -0.3 is 14.8 Å². The van der Waals surface area contributed by atoms with Gasteiger partial charge in [-0.2, -0.15) is 4.98 Å². The summed E-state index contributed by atoms with van der Waals surface area (Å²) >= 11 is 0. The molecule has 4 rings (SSSR count). The Morgan fingerprint density at radius 2 is 2.07 bits per heavy atom. The summed E-state index contributed by atoms with van der Waals surface area (Å²) in [5.74, 6) is 2.84. The summed E-state index contributed by atoms with van der Waals surface area (Å²) < 4.78 is 15.9. The van der Waals surface area contributed by atoms with Crippen molar-refractivity contribution in [3.63, 3.8) is 0 Å². The monoisotopic (exact) mass is 369 g/mol. The molecule has 8 heteroatoms. The van der Waals surface area contributed by atoms with Crippen molar-refractivity contribution in [2.24, 2.45) is 0 Å². The number of alkyl halides is 1. The first-order chi connectivity index (χ1) is 13.0. The molecule has 0 saturated carbocycles. The number of rotatable bonds is 4. The van der Waals surface area contributed by atoms with E-state index in [0.29, 0.717) is 36.6 Å². The average Bonchev–Trinajstić information content (AvgIpc) is 2.97. The van der Waals surface area contributed by atoms with Crippen LogP contribution in [0.1, 0.15) is 38.6 Å². The Bertz CT molecular complexity index is 952. The molecule has 0 spiro atoms. The van der Waals surface area contributed by atoms with E-state index in [1.165, 1.54) is 0 Å². The summed E-state index contributed by atoms with van der Waals surface area (Å²) in [6, 6.07) is 4.08. The van der Waals surface area contributed by atoms with Crippen LogP contribution in [0.4, 0.5) is 22.0 Å². The van der Waals surface area contributed by atoms with Gasteiger partial charge >= 0.3 is 0 Å². The molecule has 142 valence electrons. The Hall–Kier alpha value is -2.77. The number of hydrogen-bond acceptors (Lipinski definition) is 6. The molecule has 0 aliphatic carbocycles. The SMILES string of the molecule is Cc1nc2cnc(Nc3ccnc(N4CCCC(F)C4)n3)cc2n1C(C)C. The first-order valence-corrected chi connectivity index (χ1v) is 9.35. The molecule has 1 N–H and O–H groups in total. The standard InChI is InChI=1S/C19H24FN7/c1-12(2)27-13(3)23-15-10-22-18(9-16(15)27)24-17-6-7-21-19(25-17)26-8-4-5-14(20)11-26/h6-7,9-10,12,14H,4-5,8,11H2,1-3H3,(H,21,22,24,25). The maximum atomic E-state index is 13.7. The van der Waals surface area contributed by atoms with Gasteiger partial charge in [0.2, 0.25) is 5.95 Å². The largest absolute Gasteiger partial charge is 0.338 e. The lowest BCUT2D eigenvalue weighted by Crippen LogP contribution is -2.37. The molecule has 0 radical (unpaired) electrons. The predicted octanol–water partition coefficient (Wildman–Crippen LogP) is 3.79. The molecule has 0 bridgehead atoms. The Morgan fingerprint density at radius 3 is 2.85 bits per heavy atom. The highest BCUT2D eigenvalue weighted by Gasteiger charge is 2.21. The summed E-state index contributed by atoms with van der Waals surface area (Å²) in [5.41, 5.74) is 1.91. The van der Waals surface area contributed by atoms with Gasteiger partial charge in [0, 0.05) is 24.8 Å². The Kier molecular flexibility index (Phi) is 4.63. The van der Waals surface area contributed by atoms with Gasteiger partial charge in [0.15, 0.2) is 0 Å². The van der Waals surface area contributed by atoms with Gasteiger partial charge in [0.1, 0.15) is 29.1 Å². The van der Waals surface area contributed by atoms with Gasteiger partial charge in [0.05, 0.1) is 18.3 Å². The van der Waals surface area contributed by atoms with Crippen molar-refractivity contribution >= 4 is 28.6 Å². The molecular weight excluding hydrogens is 345 g/mol. The Morgan fingerprint density at radius 1 is 1.22 bits per heavy atom. The number of fused-ring (bicyclic) bond motifs is 1. The van der Waals surface area contributed by atoms with Crippen LogP contribution in [-0.4, -0.2) is 43.8 Å². The molecule has 3 aromatic rings. The third-order valence-corrected chi connectivity index (χ3v) is 4.81. The summed E-state index contributed by atoms with van der Waals surface area (Å²) in [7, 11) is 0. The van der Waals surface area contributed by atoms with E-state index < -0.39 is 6.17 Å². The van der Waals surface area contributed by atoms with E-state index >= 15 is 0 Å². The number of anilines is 3. The van der Waals surface area contributed by atoms with Crippen LogP contribution in [0.3, 0.4) is 0 Å². The van der Waals surface area contributed by atoms with Crippen LogP contribution in [0.2, 0.25) is 0 Å². The fraction of sp³-hybridized carbons (Fsp3) is 0.474. The quantitative estimate of drug-likeness (QED) is 0.754. The summed E-state index contributed by atoms with van der Waals surface area (Å²) in [4.78, 5) is 19.8.